The number of hydrogen-bond donors (Lipinski definition) is 2. The second-order valence-electron chi connectivity index (χ2n) is 5.16. The summed E-state index contributed by atoms with van der Waals surface area (Å²) in [6.45, 7) is 11.8. The minimum Gasteiger partial charge on any atom is -0.464 e. The number of anilines is 2. The van der Waals surface area contributed by atoms with Crippen molar-refractivity contribution in [3.63, 3.8) is 0 Å². The van der Waals surface area contributed by atoms with E-state index in [0.29, 0.717) is 30.4 Å². The van der Waals surface area contributed by atoms with Gasteiger partial charge in [0.15, 0.2) is 0 Å². The maximum absolute atomic E-state index is 5.39. The Labute approximate surface area is 126 Å². The quantitative estimate of drug-likeness (QED) is 0.751. The van der Waals surface area contributed by atoms with Crippen LogP contribution in [0.25, 0.3) is 0 Å². The van der Waals surface area contributed by atoms with Gasteiger partial charge < -0.3 is 20.3 Å². The third kappa shape index (κ3) is 4.70. The van der Waals surface area contributed by atoms with Gasteiger partial charge in [0.05, 0.1) is 6.61 Å². The van der Waals surface area contributed by atoms with Gasteiger partial charge in [0.1, 0.15) is 0 Å². The van der Waals surface area contributed by atoms with E-state index in [-0.39, 0.29) is 0 Å². The van der Waals surface area contributed by atoms with Crippen LogP contribution >= 0.6 is 0 Å². The number of aromatic nitrogens is 3. The minimum absolute atomic E-state index is 0.368. The Hall–Kier alpha value is -1.63. The van der Waals surface area contributed by atoms with Crippen molar-refractivity contribution in [2.24, 2.45) is 5.92 Å². The lowest BCUT2D eigenvalue weighted by Crippen LogP contribution is -2.23. The zero-order chi connectivity index (χ0) is 15.1. The monoisotopic (exact) mass is 294 g/mol. The lowest BCUT2D eigenvalue weighted by molar-refractivity contribution is 0.312. The van der Waals surface area contributed by atoms with Gasteiger partial charge in [-0.1, -0.05) is 6.92 Å². The standard InChI is InChI=1S/C14H26N6O/c1-4-15-12-17-13(19-14(18-12)21-6-3)16-9-11-7-8-20(5-2)10-11/h11H,4-10H2,1-3H3,(H2,15,16,17,18,19). The summed E-state index contributed by atoms with van der Waals surface area (Å²) in [6, 6.07) is 0.368. The van der Waals surface area contributed by atoms with Gasteiger partial charge in [-0.3, -0.25) is 0 Å². The maximum atomic E-state index is 5.39. The molecule has 0 amide bonds. The third-order valence-corrected chi connectivity index (χ3v) is 3.59. The molecule has 1 aliphatic heterocycles. The highest BCUT2D eigenvalue weighted by atomic mass is 16.5. The van der Waals surface area contributed by atoms with Gasteiger partial charge in [-0.05, 0) is 39.3 Å². The molecule has 2 rings (SSSR count). The summed E-state index contributed by atoms with van der Waals surface area (Å²) in [5.74, 6) is 1.79. The van der Waals surface area contributed by atoms with E-state index in [4.69, 9.17) is 4.74 Å². The molecule has 0 bridgehead atoms. The predicted octanol–water partition coefficient (Wildman–Crippen LogP) is 1.46. The molecule has 1 aromatic rings. The van der Waals surface area contributed by atoms with E-state index in [1.54, 1.807) is 0 Å². The molecule has 0 radical (unpaired) electrons. The molecule has 1 saturated heterocycles. The zero-order valence-corrected chi connectivity index (χ0v) is 13.2. The summed E-state index contributed by atoms with van der Waals surface area (Å²) in [5, 5.41) is 6.42. The molecule has 1 atom stereocenters. The van der Waals surface area contributed by atoms with Gasteiger partial charge >= 0.3 is 6.01 Å². The normalized spacial score (nSPS) is 18.7. The zero-order valence-electron chi connectivity index (χ0n) is 13.2. The Bertz CT molecular complexity index is 417. The van der Waals surface area contributed by atoms with Crippen LogP contribution < -0.4 is 15.4 Å². The van der Waals surface area contributed by atoms with Gasteiger partial charge in [0.2, 0.25) is 11.9 Å². The van der Waals surface area contributed by atoms with Crippen molar-refractivity contribution < 1.29 is 4.74 Å². The van der Waals surface area contributed by atoms with Crippen molar-refractivity contribution in [3.8, 4) is 6.01 Å². The Balaban J connectivity index is 1.94. The Morgan fingerprint density at radius 3 is 2.52 bits per heavy atom. The highest BCUT2D eigenvalue weighted by Crippen LogP contribution is 2.17. The van der Waals surface area contributed by atoms with Crippen LogP contribution in [0.4, 0.5) is 11.9 Å². The number of nitrogens with one attached hydrogen (secondary N) is 2. The van der Waals surface area contributed by atoms with Crippen LogP contribution in [0.15, 0.2) is 0 Å². The average Bonchev–Trinajstić information content (AvgIpc) is 2.94. The van der Waals surface area contributed by atoms with Crippen LogP contribution in [0, 0.1) is 5.92 Å². The first-order chi connectivity index (χ1) is 10.2. The van der Waals surface area contributed by atoms with E-state index in [0.717, 1.165) is 26.2 Å². The molecule has 1 fully saturated rings. The summed E-state index contributed by atoms with van der Waals surface area (Å²) in [6.07, 6.45) is 1.23. The predicted molar refractivity (Wildman–Crippen MR) is 83.9 cm³/mol. The molecular formula is C14H26N6O. The van der Waals surface area contributed by atoms with E-state index in [9.17, 15) is 0 Å². The summed E-state index contributed by atoms with van der Waals surface area (Å²) >= 11 is 0. The van der Waals surface area contributed by atoms with Gasteiger partial charge in [-0.15, -0.1) is 0 Å². The Morgan fingerprint density at radius 1 is 1.14 bits per heavy atom. The second kappa shape index (κ2) is 7.97. The molecule has 118 valence electrons. The van der Waals surface area contributed by atoms with E-state index in [1.807, 2.05) is 13.8 Å². The lowest BCUT2D eigenvalue weighted by atomic mass is 10.1. The first kappa shape index (κ1) is 15.8. The number of nitrogens with zero attached hydrogens (tertiary/aromatic N) is 4. The van der Waals surface area contributed by atoms with Crippen molar-refractivity contribution in [3.05, 3.63) is 0 Å². The van der Waals surface area contributed by atoms with Gasteiger partial charge in [-0.25, -0.2) is 0 Å². The van der Waals surface area contributed by atoms with Gasteiger partial charge in [0.25, 0.3) is 0 Å². The van der Waals surface area contributed by atoms with Gasteiger partial charge in [-0.2, -0.15) is 15.0 Å². The summed E-state index contributed by atoms with van der Waals surface area (Å²) < 4.78 is 5.39. The largest absolute Gasteiger partial charge is 0.464 e. The van der Waals surface area contributed by atoms with Crippen molar-refractivity contribution in [2.45, 2.75) is 27.2 Å². The first-order valence-electron chi connectivity index (χ1n) is 7.84. The Kier molecular flexibility index (Phi) is 5.98. The molecule has 21 heavy (non-hydrogen) atoms. The fraction of sp³-hybridized carbons (Fsp3) is 0.786. The summed E-state index contributed by atoms with van der Waals surface area (Å²) in [4.78, 5) is 15.3. The molecule has 2 N–H and O–H groups in total. The fourth-order valence-corrected chi connectivity index (χ4v) is 2.47. The molecular weight excluding hydrogens is 268 g/mol. The number of rotatable bonds is 8. The molecule has 7 heteroatoms. The van der Waals surface area contributed by atoms with Crippen LogP contribution in [-0.2, 0) is 0 Å². The second-order valence-corrected chi connectivity index (χ2v) is 5.16. The SMILES string of the molecule is CCNc1nc(NCC2CCN(CC)C2)nc(OCC)n1. The maximum Gasteiger partial charge on any atom is 0.323 e. The van der Waals surface area contributed by atoms with E-state index in [2.05, 4.69) is 37.4 Å². The smallest absolute Gasteiger partial charge is 0.323 e. The highest BCUT2D eigenvalue weighted by Gasteiger charge is 2.21. The van der Waals surface area contributed by atoms with Crippen LogP contribution in [0.5, 0.6) is 6.01 Å². The topological polar surface area (TPSA) is 75.2 Å². The van der Waals surface area contributed by atoms with Crippen LogP contribution in [0.3, 0.4) is 0 Å². The van der Waals surface area contributed by atoms with Gasteiger partial charge in [0, 0.05) is 19.6 Å². The number of likely N-dealkylation sites (tertiary alicyclic amines) is 1. The van der Waals surface area contributed by atoms with Crippen LogP contribution in [0.2, 0.25) is 0 Å². The van der Waals surface area contributed by atoms with Crippen molar-refractivity contribution >= 4 is 11.9 Å². The molecule has 1 aliphatic rings. The molecule has 1 aromatic heterocycles. The first-order valence-corrected chi connectivity index (χ1v) is 7.84. The molecule has 2 heterocycles. The highest BCUT2D eigenvalue weighted by molar-refractivity contribution is 5.35. The van der Waals surface area contributed by atoms with E-state index >= 15 is 0 Å². The third-order valence-electron chi connectivity index (χ3n) is 3.59. The molecule has 0 aliphatic carbocycles. The van der Waals surface area contributed by atoms with Crippen molar-refractivity contribution in [1.29, 1.82) is 0 Å². The minimum atomic E-state index is 0.368. The van der Waals surface area contributed by atoms with Crippen LogP contribution in [-0.4, -0.2) is 59.2 Å². The molecule has 0 aromatic carbocycles. The van der Waals surface area contributed by atoms with Crippen LogP contribution in [0.1, 0.15) is 27.2 Å². The van der Waals surface area contributed by atoms with E-state index in [1.165, 1.54) is 13.0 Å². The number of hydrogen-bond acceptors (Lipinski definition) is 7. The summed E-state index contributed by atoms with van der Waals surface area (Å²) in [5.41, 5.74) is 0. The number of ether oxygens (including phenoxy) is 1. The van der Waals surface area contributed by atoms with Crippen molar-refractivity contribution in [1.82, 2.24) is 19.9 Å². The molecule has 7 nitrogen and oxygen atoms in total. The Morgan fingerprint density at radius 2 is 1.90 bits per heavy atom. The van der Waals surface area contributed by atoms with Crippen molar-refractivity contribution in [2.75, 3.05) is 50.0 Å². The summed E-state index contributed by atoms with van der Waals surface area (Å²) in [7, 11) is 0. The fourth-order valence-electron chi connectivity index (χ4n) is 2.47. The molecule has 0 saturated carbocycles. The lowest BCUT2D eigenvalue weighted by Gasteiger charge is -2.14. The molecule has 0 spiro atoms. The van der Waals surface area contributed by atoms with E-state index < -0.39 is 0 Å². The molecule has 1 unspecified atom stereocenters. The average molecular weight is 294 g/mol.